The third-order valence-electron chi connectivity index (χ3n) is 2.71. The molecule has 0 aliphatic carbocycles. The van der Waals surface area contributed by atoms with Crippen molar-refractivity contribution in [2.75, 3.05) is 13.1 Å². The summed E-state index contributed by atoms with van der Waals surface area (Å²) in [5.74, 6) is -0.127. The van der Waals surface area contributed by atoms with Gasteiger partial charge in [0.25, 0.3) is 0 Å². The van der Waals surface area contributed by atoms with Crippen LogP contribution in [0.4, 0.5) is 0 Å². The van der Waals surface area contributed by atoms with Crippen molar-refractivity contribution in [3.05, 3.63) is 0 Å². The summed E-state index contributed by atoms with van der Waals surface area (Å²) >= 11 is 0. The average Bonchev–Trinajstić information content (AvgIpc) is 2.16. The Labute approximate surface area is 89.8 Å². The number of carbonyl (C=O) groups excluding carboxylic acids is 2. The molecule has 1 fully saturated rings. The smallest absolute Gasteiger partial charge is 0.239 e. The van der Waals surface area contributed by atoms with Crippen LogP contribution in [0.25, 0.3) is 0 Å². The van der Waals surface area contributed by atoms with E-state index >= 15 is 0 Å². The second-order valence-corrected chi connectivity index (χ2v) is 4.25. The average molecular weight is 213 g/mol. The second kappa shape index (κ2) is 5.11. The molecule has 5 nitrogen and oxygen atoms in total. The summed E-state index contributed by atoms with van der Waals surface area (Å²) in [5, 5.41) is 0. The minimum Gasteiger partial charge on any atom is -0.370 e. The largest absolute Gasteiger partial charge is 0.370 e. The van der Waals surface area contributed by atoms with Gasteiger partial charge in [-0.15, -0.1) is 0 Å². The first-order valence-electron chi connectivity index (χ1n) is 5.33. The first kappa shape index (κ1) is 12.0. The lowest BCUT2D eigenvalue weighted by molar-refractivity contribution is -0.134. The van der Waals surface area contributed by atoms with Crippen molar-refractivity contribution in [3.8, 4) is 0 Å². The molecule has 0 saturated carbocycles. The highest BCUT2D eigenvalue weighted by Crippen LogP contribution is 2.19. The van der Waals surface area contributed by atoms with Crippen molar-refractivity contribution >= 4 is 11.8 Å². The summed E-state index contributed by atoms with van der Waals surface area (Å²) in [5.41, 5.74) is 10.7. The number of nitrogens with zero attached hydrogens (tertiary/aromatic N) is 1. The number of nitrogens with two attached hydrogens (primary N) is 2. The van der Waals surface area contributed by atoms with Gasteiger partial charge in [-0.25, -0.2) is 0 Å². The molecule has 0 radical (unpaired) electrons. The third-order valence-corrected chi connectivity index (χ3v) is 2.71. The van der Waals surface area contributed by atoms with E-state index in [-0.39, 0.29) is 17.7 Å². The van der Waals surface area contributed by atoms with Crippen LogP contribution in [-0.2, 0) is 9.59 Å². The number of amides is 2. The van der Waals surface area contributed by atoms with Gasteiger partial charge in [-0.2, -0.15) is 0 Å². The van der Waals surface area contributed by atoms with E-state index in [2.05, 4.69) is 0 Å². The SMILES string of the molecule is C[C@H](N)C(=O)N1CCCC(CC(N)=O)C1. The van der Waals surface area contributed by atoms with Crippen molar-refractivity contribution < 1.29 is 9.59 Å². The summed E-state index contributed by atoms with van der Waals surface area (Å²) in [6.45, 7) is 3.04. The normalized spacial score (nSPS) is 23.6. The number of hydrogen-bond acceptors (Lipinski definition) is 3. The van der Waals surface area contributed by atoms with Gasteiger partial charge in [-0.3, -0.25) is 9.59 Å². The van der Waals surface area contributed by atoms with Gasteiger partial charge in [0.15, 0.2) is 0 Å². The monoisotopic (exact) mass is 213 g/mol. The zero-order chi connectivity index (χ0) is 11.4. The molecule has 0 bridgehead atoms. The molecule has 0 aromatic rings. The maximum atomic E-state index is 11.6. The van der Waals surface area contributed by atoms with E-state index in [1.54, 1.807) is 11.8 Å². The fraction of sp³-hybridized carbons (Fsp3) is 0.800. The number of primary amides is 1. The highest BCUT2D eigenvalue weighted by Gasteiger charge is 2.25. The first-order valence-corrected chi connectivity index (χ1v) is 5.33. The number of piperidine rings is 1. The predicted molar refractivity (Wildman–Crippen MR) is 56.8 cm³/mol. The van der Waals surface area contributed by atoms with Crippen molar-refractivity contribution in [3.63, 3.8) is 0 Å². The van der Waals surface area contributed by atoms with Crippen molar-refractivity contribution in [1.29, 1.82) is 0 Å². The first-order chi connectivity index (χ1) is 7.00. The molecule has 5 heteroatoms. The summed E-state index contributed by atoms with van der Waals surface area (Å²) in [6.07, 6.45) is 2.25. The van der Waals surface area contributed by atoms with Crippen LogP contribution in [0.3, 0.4) is 0 Å². The molecule has 1 unspecified atom stereocenters. The standard InChI is InChI=1S/C10H19N3O2/c1-7(11)10(15)13-4-2-3-8(6-13)5-9(12)14/h7-8H,2-6,11H2,1H3,(H2,12,14)/t7-,8?/m0/s1. The Hall–Kier alpha value is -1.10. The van der Waals surface area contributed by atoms with Gasteiger partial charge in [0.05, 0.1) is 6.04 Å². The van der Waals surface area contributed by atoms with Gasteiger partial charge in [-0.05, 0) is 25.7 Å². The van der Waals surface area contributed by atoms with Crippen LogP contribution < -0.4 is 11.5 Å². The van der Waals surface area contributed by atoms with Crippen molar-refractivity contribution in [1.82, 2.24) is 4.90 Å². The van der Waals surface area contributed by atoms with Gasteiger partial charge < -0.3 is 16.4 Å². The predicted octanol–water partition coefficient (Wildman–Crippen LogP) is -0.552. The zero-order valence-electron chi connectivity index (χ0n) is 9.11. The van der Waals surface area contributed by atoms with Crippen LogP contribution >= 0.6 is 0 Å². The van der Waals surface area contributed by atoms with Gasteiger partial charge in [0.1, 0.15) is 0 Å². The van der Waals surface area contributed by atoms with E-state index in [1.807, 2.05) is 0 Å². The van der Waals surface area contributed by atoms with E-state index in [0.29, 0.717) is 13.0 Å². The highest BCUT2D eigenvalue weighted by atomic mass is 16.2. The van der Waals surface area contributed by atoms with Gasteiger partial charge in [-0.1, -0.05) is 0 Å². The minimum atomic E-state index is -0.461. The molecule has 15 heavy (non-hydrogen) atoms. The Morgan fingerprint density at radius 3 is 2.73 bits per heavy atom. The fourth-order valence-corrected chi connectivity index (χ4v) is 2.00. The number of hydrogen-bond donors (Lipinski definition) is 2. The van der Waals surface area contributed by atoms with E-state index in [0.717, 1.165) is 19.4 Å². The van der Waals surface area contributed by atoms with E-state index in [1.165, 1.54) is 0 Å². The molecule has 1 saturated heterocycles. The van der Waals surface area contributed by atoms with Crippen LogP contribution in [0.15, 0.2) is 0 Å². The lowest BCUT2D eigenvalue weighted by Crippen LogP contribution is -2.47. The molecule has 0 aromatic carbocycles. The highest BCUT2D eigenvalue weighted by molar-refractivity contribution is 5.81. The molecule has 1 heterocycles. The Balaban J connectivity index is 2.48. The summed E-state index contributed by atoms with van der Waals surface area (Å²) in [7, 11) is 0. The summed E-state index contributed by atoms with van der Waals surface area (Å²) in [4.78, 5) is 24.1. The third kappa shape index (κ3) is 3.51. The van der Waals surface area contributed by atoms with Gasteiger partial charge >= 0.3 is 0 Å². The Morgan fingerprint density at radius 1 is 1.53 bits per heavy atom. The maximum Gasteiger partial charge on any atom is 0.239 e. The summed E-state index contributed by atoms with van der Waals surface area (Å²) in [6, 6.07) is -0.461. The van der Waals surface area contributed by atoms with E-state index in [4.69, 9.17) is 11.5 Å². The molecule has 1 rings (SSSR count). The summed E-state index contributed by atoms with van der Waals surface area (Å²) < 4.78 is 0. The number of rotatable bonds is 3. The van der Waals surface area contributed by atoms with Crippen LogP contribution in [-0.4, -0.2) is 35.8 Å². The molecule has 1 aliphatic rings. The van der Waals surface area contributed by atoms with Crippen LogP contribution in [0.2, 0.25) is 0 Å². The lowest BCUT2D eigenvalue weighted by atomic mass is 9.94. The van der Waals surface area contributed by atoms with Gasteiger partial charge in [0.2, 0.25) is 11.8 Å². The molecule has 0 spiro atoms. The van der Waals surface area contributed by atoms with Crippen molar-refractivity contribution in [2.45, 2.75) is 32.2 Å². The Kier molecular flexibility index (Phi) is 4.08. The lowest BCUT2D eigenvalue weighted by Gasteiger charge is -2.33. The Morgan fingerprint density at radius 2 is 2.20 bits per heavy atom. The van der Waals surface area contributed by atoms with E-state index < -0.39 is 6.04 Å². The molecular weight excluding hydrogens is 194 g/mol. The molecule has 2 atom stereocenters. The van der Waals surface area contributed by atoms with Crippen LogP contribution in [0.1, 0.15) is 26.2 Å². The Bertz CT molecular complexity index is 253. The molecule has 4 N–H and O–H groups in total. The zero-order valence-corrected chi connectivity index (χ0v) is 9.11. The quantitative estimate of drug-likeness (QED) is 0.659. The molecular formula is C10H19N3O2. The van der Waals surface area contributed by atoms with Crippen molar-refractivity contribution in [2.24, 2.45) is 17.4 Å². The molecule has 86 valence electrons. The van der Waals surface area contributed by atoms with Crippen LogP contribution in [0.5, 0.6) is 0 Å². The minimum absolute atomic E-state index is 0.0378. The number of carbonyl (C=O) groups is 2. The second-order valence-electron chi connectivity index (χ2n) is 4.25. The topological polar surface area (TPSA) is 89.4 Å². The van der Waals surface area contributed by atoms with Crippen LogP contribution in [0, 0.1) is 5.92 Å². The maximum absolute atomic E-state index is 11.6. The number of likely N-dealkylation sites (tertiary alicyclic amines) is 1. The molecule has 1 aliphatic heterocycles. The molecule has 2 amide bonds. The fourth-order valence-electron chi connectivity index (χ4n) is 2.00. The van der Waals surface area contributed by atoms with Gasteiger partial charge in [0, 0.05) is 19.5 Å². The molecule has 0 aromatic heterocycles. The van der Waals surface area contributed by atoms with E-state index in [9.17, 15) is 9.59 Å².